The van der Waals surface area contributed by atoms with Gasteiger partial charge in [-0.3, -0.25) is 4.79 Å². The molecule has 7 nitrogen and oxygen atoms in total. The number of carbonyl (C=O) groups excluding carboxylic acids is 2. The Balaban J connectivity index is 1.41. The molecule has 0 saturated heterocycles. The number of nitrogens with one attached hydrogen (secondary N) is 1. The number of rotatable bonds is 14. The van der Waals surface area contributed by atoms with Gasteiger partial charge in [0, 0.05) is 12.1 Å². The molecule has 10 heteroatoms. The van der Waals surface area contributed by atoms with Crippen LogP contribution in [-0.2, 0) is 20.7 Å². The number of ether oxygens (including phenoxy) is 4. The lowest BCUT2D eigenvalue weighted by molar-refractivity contribution is -0.140. The van der Waals surface area contributed by atoms with Crippen LogP contribution in [0.4, 0.5) is 11.4 Å². The second kappa shape index (κ2) is 16.0. The average Bonchev–Trinajstić information content (AvgIpc) is 2.95. The van der Waals surface area contributed by atoms with Crippen molar-refractivity contribution in [2.75, 3.05) is 32.8 Å². The normalized spacial score (nSPS) is 10.8. The van der Waals surface area contributed by atoms with Crippen molar-refractivity contribution in [2.45, 2.75) is 25.7 Å². The van der Waals surface area contributed by atoms with Crippen LogP contribution in [0.15, 0.2) is 66.7 Å². The van der Waals surface area contributed by atoms with E-state index in [1.54, 1.807) is 42.5 Å². The van der Waals surface area contributed by atoms with E-state index in [1.165, 1.54) is 14.2 Å². The Labute approximate surface area is 248 Å². The van der Waals surface area contributed by atoms with E-state index in [1.807, 2.05) is 24.3 Å². The second-order valence-corrected chi connectivity index (χ2v) is 9.74. The summed E-state index contributed by atoms with van der Waals surface area (Å²) in [6, 6.07) is 15.9. The highest BCUT2D eigenvalue weighted by atomic mass is 35.5. The Morgan fingerprint density at radius 2 is 1.50 bits per heavy atom. The fourth-order valence-electron chi connectivity index (χ4n) is 3.68. The van der Waals surface area contributed by atoms with Gasteiger partial charge in [-0.15, -0.1) is 0 Å². The van der Waals surface area contributed by atoms with Gasteiger partial charge in [-0.05, 0) is 67.3 Å². The zero-order valence-corrected chi connectivity index (χ0v) is 24.4. The molecule has 0 fully saturated rings. The minimum absolute atomic E-state index is 0.250. The second-order valence-electron chi connectivity index (χ2n) is 8.52. The smallest absolute Gasteiger partial charge is 0.339 e. The predicted molar refractivity (Wildman–Crippen MR) is 159 cm³/mol. The van der Waals surface area contributed by atoms with Crippen molar-refractivity contribution in [1.82, 2.24) is 0 Å². The van der Waals surface area contributed by atoms with Crippen LogP contribution in [0.3, 0.4) is 0 Å². The van der Waals surface area contributed by atoms with Gasteiger partial charge in [0.2, 0.25) is 0 Å². The largest absolute Gasteiger partial charge is 0.492 e. The SMILES string of the molecule is COC(=O)CCc1cc(Cl)c(OCC/C=C/CCOc2ccc(Nc3ccccc3C(=O)OC)cc2Cl)c(Cl)c1. The highest BCUT2D eigenvalue weighted by molar-refractivity contribution is 6.37. The van der Waals surface area contributed by atoms with Crippen molar-refractivity contribution >= 4 is 58.1 Å². The third-order valence-electron chi connectivity index (χ3n) is 5.69. The third-order valence-corrected chi connectivity index (χ3v) is 6.54. The Hall–Kier alpha value is -3.39. The Morgan fingerprint density at radius 3 is 2.15 bits per heavy atom. The molecule has 0 atom stereocenters. The van der Waals surface area contributed by atoms with Gasteiger partial charge >= 0.3 is 11.9 Å². The molecule has 0 aliphatic carbocycles. The van der Waals surface area contributed by atoms with Crippen LogP contribution >= 0.6 is 34.8 Å². The number of hydrogen-bond donors (Lipinski definition) is 1. The maximum atomic E-state index is 12.0. The molecule has 0 unspecified atom stereocenters. The summed E-state index contributed by atoms with van der Waals surface area (Å²) in [4.78, 5) is 23.3. The number of hydrogen-bond acceptors (Lipinski definition) is 7. The van der Waals surface area contributed by atoms with Crippen molar-refractivity contribution in [2.24, 2.45) is 0 Å². The highest BCUT2D eigenvalue weighted by Gasteiger charge is 2.13. The molecule has 0 radical (unpaired) electrons. The van der Waals surface area contributed by atoms with Gasteiger partial charge in [-0.2, -0.15) is 0 Å². The van der Waals surface area contributed by atoms with Crippen LogP contribution in [0.1, 0.15) is 35.2 Å². The monoisotopic (exact) mass is 605 g/mol. The lowest BCUT2D eigenvalue weighted by Crippen LogP contribution is -2.05. The van der Waals surface area contributed by atoms with Gasteiger partial charge in [0.25, 0.3) is 0 Å². The zero-order chi connectivity index (χ0) is 28.9. The Kier molecular flexibility index (Phi) is 12.5. The van der Waals surface area contributed by atoms with E-state index in [2.05, 4.69) is 10.1 Å². The first-order valence-corrected chi connectivity index (χ1v) is 13.6. The van der Waals surface area contributed by atoms with Gasteiger partial charge in [0.15, 0.2) is 5.75 Å². The van der Waals surface area contributed by atoms with E-state index in [0.29, 0.717) is 76.0 Å². The van der Waals surface area contributed by atoms with Crippen LogP contribution in [0.5, 0.6) is 11.5 Å². The maximum Gasteiger partial charge on any atom is 0.339 e. The third kappa shape index (κ3) is 9.37. The predicted octanol–water partition coefficient (Wildman–Crippen LogP) is 8.08. The van der Waals surface area contributed by atoms with E-state index in [9.17, 15) is 9.59 Å². The summed E-state index contributed by atoms with van der Waals surface area (Å²) in [6.45, 7) is 0.845. The molecule has 0 aliphatic heterocycles. The summed E-state index contributed by atoms with van der Waals surface area (Å²) in [5.74, 6) is 0.260. The molecule has 1 N–H and O–H groups in total. The lowest BCUT2D eigenvalue weighted by Gasteiger charge is -2.13. The standard InChI is InChI=1S/C30H30Cl3NO6/c1-37-28(35)14-11-20-17-24(32)29(25(33)18-20)40-16-8-4-3-7-15-39-27-13-12-21(19-23(27)31)34-26-10-6-5-9-22(26)30(36)38-2/h3-6,9-10,12-13,17-19,34H,7-8,11,14-16H2,1-2H3/b4-3+. The molecule has 3 rings (SSSR count). The van der Waals surface area contributed by atoms with Crippen LogP contribution in [0.25, 0.3) is 0 Å². The van der Waals surface area contributed by atoms with Gasteiger partial charge in [-0.25, -0.2) is 4.79 Å². The van der Waals surface area contributed by atoms with E-state index < -0.39 is 5.97 Å². The number of para-hydroxylation sites is 1. The molecular weight excluding hydrogens is 577 g/mol. The average molecular weight is 607 g/mol. The van der Waals surface area contributed by atoms with E-state index in [-0.39, 0.29) is 12.4 Å². The molecule has 3 aromatic rings. The first-order chi connectivity index (χ1) is 19.3. The molecule has 0 bridgehead atoms. The molecule has 40 heavy (non-hydrogen) atoms. The van der Waals surface area contributed by atoms with Gasteiger partial charge < -0.3 is 24.3 Å². The summed E-state index contributed by atoms with van der Waals surface area (Å²) in [5.41, 5.74) is 2.59. The van der Waals surface area contributed by atoms with Crippen molar-refractivity contribution in [1.29, 1.82) is 0 Å². The van der Waals surface area contributed by atoms with E-state index >= 15 is 0 Å². The Morgan fingerprint density at radius 1 is 0.825 bits per heavy atom. The molecule has 0 aliphatic rings. The number of aryl methyl sites for hydroxylation is 1. The van der Waals surface area contributed by atoms with Gasteiger partial charge in [-0.1, -0.05) is 59.1 Å². The van der Waals surface area contributed by atoms with Crippen LogP contribution < -0.4 is 14.8 Å². The summed E-state index contributed by atoms with van der Waals surface area (Å²) in [6.07, 6.45) is 6.05. The van der Waals surface area contributed by atoms with Gasteiger partial charge in [0.1, 0.15) is 5.75 Å². The molecule has 3 aromatic carbocycles. The highest BCUT2D eigenvalue weighted by Crippen LogP contribution is 2.35. The number of carbonyl (C=O) groups is 2. The summed E-state index contributed by atoms with van der Waals surface area (Å²) in [5, 5.41) is 4.43. The minimum Gasteiger partial charge on any atom is -0.492 e. The molecule has 0 aromatic heterocycles. The maximum absolute atomic E-state index is 12.0. The topological polar surface area (TPSA) is 83.1 Å². The number of benzene rings is 3. The van der Waals surface area contributed by atoms with Crippen molar-refractivity contribution in [3.05, 3.63) is 92.9 Å². The Bertz CT molecular complexity index is 1320. The van der Waals surface area contributed by atoms with Crippen LogP contribution in [-0.4, -0.2) is 39.4 Å². The van der Waals surface area contributed by atoms with Crippen molar-refractivity contribution < 1.29 is 28.5 Å². The first-order valence-electron chi connectivity index (χ1n) is 12.5. The quantitative estimate of drug-likeness (QED) is 0.113. The fraction of sp³-hybridized carbons (Fsp3) is 0.267. The molecule has 0 heterocycles. The molecule has 0 spiro atoms. The molecule has 0 amide bonds. The van der Waals surface area contributed by atoms with Gasteiger partial charge in [0.05, 0.1) is 53.8 Å². The molecular formula is C30H30Cl3NO6. The van der Waals surface area contributed by atoms with E-state index in [4.69, 9.17) is 49.0 Å². The summed E-state index contributed by atoms with van der Waals surface area (Å²) >= 11 is 19.0. The zero-order valence-electron chi connectivity index (χ0n) is 22.2. The van der Waals surface area contributed by atoms with Crippen LogP contribution in [0.2, 0.25) is 15.1 Å². The molecule has 0 saturated carbocycles. The van der Waals surface area contributed by atoms with Crippen molar-refractivity contribution in [3.8, 4) is 11.5 Å². The van der Waals surface area contributed by atoms with E-state index in [0.717, 1.165) is 5.56 Å². The summed E-state index contributed by atoms with van der Waals surface area (Å²) < 4.78 is 21.0. The molecule has 212 valence electrons. The van der Waals surface area contributed by atoms with Crippen LogP contribution in [0, 0.1) is 0 Å². The first kappa shape index (κ1) is 31.1. The summed E-state index contributed by atoms with van der Waals surface area (Å²) in [7, 11) is 2.70. The van der Waals surface area contributed by atoms with Crippen molar-refractivity contribution in [3.63, 3.8) is 0 Å². The number of methoxy groups -OCH3 is 2. The number of esters is 2. The fourth-order valence-corrected chi connectivity index (χ4v) is 4.55. The minimum atomic E-state index is -0.427. The lowest BCUT2D eigenvalue weighted by atomic mass is 10.1. The number of halogens is 3. The number of anilines is 2.